The van der Waals surface area contributed by atoms with E-state index in [9.17, 15) is 22.8 Å². The van der Waals surface area contributed by atoms with Gasteiger partial charge in [0.2, 0.25) is 0 Å². The maximum absolute atomic E-state index is 12.8. The Morgan fingerprint density at radius 1 is 0.973 bits per heavy atom. The minimum absolute atomic E-state index is 0.0118. The fraction of sp³-hybridized carbons (Fsp3) is 0.222. The second-order valence-electron chi connectivity index (χ2n) is 8.11. The molecule has 0 unspecified atom stereocenters. The first-order chi connectivity index (χ1) is 17.6. The van der Waals surface area contributed by atoms with Crippen molar-refractivity contribution in [3.05, 3.63) is 101 Å². The Balaban J connectivity index is 1.73. The number of carboxylic acids is 1. The zero-order chi connectivity index (χ0) is 26.8. The molecule has 3 aromatic carbocycles. The number of aliphatic carboxylic acids is 1. The van der Waals surface area contributed by atoms with Crippen LogP contribution in [0, 0.1) is 6.92 Å². The maximum Gasteiger partial charge on any atom is 0.416 e. The third-order valence-corrected chi connectivity index (χ3v) is 5.21. The number of ether oxygens (including phenoxy) is 1. The lowest BCUT2D eigenvalue weighted by Crippen LogP contribution is -2.33. The predicted octanol–water partition coefficient (Wildman–Crippen LogP) is 4.76. The lowest BCUT2D eigenvalue weighted by molar-refractivity contribution is -0.138. The predicted molar refractivity (Wildman–Crippen MR) is 130 cm³/mol. The highest BCUT2D eigenvalue weighted by molar-refractivity contribution is 6.01. The smallest absolute Gasteiger partial charge is 0.416 e. The number of nitrogens with zero attached hydrogens (tertiary/aromatic N) is 1. The molecule has 0 radical (unpaired) electrons. The Kier molecular flexibility index (Phi) is 9.26. The SMILES string of the molecule is Cc1cc(C(Cc2ccccc2)=NOCc2ccc(C(F)(F)F)cc2)ccc1OCC(=O)NCC(=O)O. The van der Waals surface area contributed by atoms with Gasteiger partial charge in [-0.25, -0.2) is 0 Å². The van der Waals surface area contributed by atoms with Gasteiger partial charge in [0.1, 0.15) is 18.9 Å². The van der Waals surface area contributed by atoms with Crippen LogP contribution in [-0.2, 0) is 33.6 Å². The number of amides is 1. The summed E-state index contributed by atoms with van der Waals surface area (Å²) in [6, 6.07) is 19.5. The molecule has 194 valence electrons. The molecule has 2 N–H and O–H groups in total. The van der Waals surface area contributed by atoms with Crippen molar-refractivity contribution in [3.63, 3.8) is 0 Å². The molecular weight excluding hydrogens is 489 g/mol. The number of nitrogens with one attached hydrogen (secondary N) is 1. The van der Waals surface area contributed by atoms with Gasteiger partial charge in [-0.05, 0) is 53.9 Å². The summed E-state index contributed by atoms with van der Waals surface area (Å²) in [5, 5.41) is 15.1. The molecule has 0 aliphatic heterocycles. The summed E-state index contributed by atoms with van der Waals surface area (Å²) < 4.78 is 43.8. The highest BCUT2D eigenvalue weighted by Crippen LogP contribution is 2.29. The Labute approximate surface area is 211 Å². The number of hydrogen-bond donors (Lipinski definition) is 2. The molecule has 0 fully saturated rings. The van der Waals surface area contributed by atoms with E-state index in [-0.39, 0.29) is 13.2 Å². The number of alkyl halides is 3. The van der Waals surface area contributed by atoms with Crippen molar-refractivity contribution in [2.75, 3.05) is 13.2 Å². The zero-order valence-corrected chi connectivity index (χ0v) is 19.9. The van der Waals surface area contributed by atoms with Gasteiger partial charge in [0.15, 0.2) is 6.61 Å². The number of halogens is 3. The van der Waals surface area contributed by atoms with Crippen molar-refractivity contribution in [2.24, 2.45) is 5.16 Å². The van der Waals surface area contributed by atoms with E-state index in [1.54, 1.807) is 19.1 Å². The number of carboxylic acid groups (broad SMARTS) is 1. The number of rotatable bonds is 11. The van der Waals surface area contributed by atoms with Crippen LogP contribution in [0.2, 0.25) is 0 Å². The monoisotopic (exact) mass is 514 g/mol. The first kappa shape index (κ1) is 27.3. The maximum atomic E-state index is 12.8. The number of carbonyl (C=O) groups excluding carboxylic acids is 1. The number of carbonyl (C=O) groups is 2. The Hall–Kier alpha value is -4.34. The highest BCUT2D eigenvalue weighted by atomic mass is 19.4. The largest absolute Gasteiger partial charge is 0.484 e. The van der Waals surface area contributed by atoms with Gasteiger partial charge >= 0.3 is 12.1 Å². The fourth-order valence-electron chi connectivity index (χ4n) is 3.31. The summed E-state index contributed by atoms with van der Waals surface area (Å²) in [7, 11) is 0. The Morgan fingerprint density at radius 3 is 2.30 bits per heavy atom. The van der Waals surface area contributed by atoms with Gasteiger partial charge in [-0.3, -0.25) is 9.59 Å². The van der Waals surface area contributed by atoms with Crippen LogP contribution in [0.1, 0.15) is 27.8 Å². The molecule has 3 aromatic rings. The summed E-state index contributed by atoms with van der Waals surface area (Å²) in [5.74, 6) is -1.27. The van der Waals surface area contributed by atoms with Gasteiger partial charge in [0, 0.05) is 12.0 Å². The third kappa shape index (κ3) is 8.68. The minimum atomic E-state index is -4.41. The van der Waals surface area contributed by atoms with E-state index < -0.39 is 30.2 Å². The summed E-state index contributed by atoms with van der Waals surface area (Å²) in [4.78, 5) is 27.8. The van der Waals surface area contributed by atoms with Crippen LogP contribution < -0.4 is 10.1 Å². The van der Waals surface area contributed by atoms with Crippen LogP contribution in [-0.4, -0.2) is 35.8 Å². The van der Waals surface area contributed by atoms with Crippen LogP contribution in [0.15, 0.2) is 78.0 Å². The molecule has 0 aliphatic rings. The van der Waals surface area contributed by atoms with Crippen molar-refractivity contribution >= 4 is 17.6 Å². The van der Waals surface area contributed by atoms with Crippen LogP contribution in [0.3, 0.4) is 0 Å². The molecule has 0 spiro atoms. The van der Waals surface area contributed by atoms with Crippen LogP contribution >= 0.6 is 0 Å². The number of benzene rings is 3. The number of hydrogen-bond acceptors (Lipinski definition) is 5. The molecule has 0 heterocycles. The molecule has 10 heteroatoms. The fourth-order valence-corrected chi connectivity index (χ4v) is 3.31. The average Bonchev–Trinajstić information content (AvgIpc) is 2.86. The number of aryl methyl sites for hydroxylation is 1. The van der Waals surface area contributed by atoms with Crippen LogP contribution in [0.25, 0.3) is 0 Å². The van der Waals surface area contributed by atoms with E-state index in [4.69, 9.17) is 14.7 Å². The van der Waals surface area contributed by atoms with Gasteiger partial charge in [-0.1, -0.05) is 47.6 Å². The van der Waals surface area contributed by atoms with Crippen molar-refractivity contribution in [1.29, 1.82) is 0 Å². The topological polar surface area (TPSA) is 97.2 Å². The molecular formula is C27H25F3N2O5. The summed E-state index contributed by atoms with van der Waals surface area (Å²) in [6.45, 7) is 0.944. The standard InChI is InChI=1S/C27H25F3N2O5/c1-18-13-21(9-12-24(18)36-17-25(33)31-15-26(34)35)23(14-19-5-3-2-4-6-19)32-37-16-20-7-10-22(11-8-20)27(28,29)30/h2-13H,14-17H2,1H3,(H,31,33)(H,34,35). The van der Waals surface area contributed by atoms with Gasteiger partial charge in [-0.15, -0.1) is 0 Å². The molecule has 37 heavy (non-hydrogen) atoms. The van der Waals surface area contributed by atoms with Gasteiger partial charge in [0.05, 0.1) is 11.3 Å². The van der Waals surface area contributed by atoms with Crippen LogP contribution in [0.4, 0.5) is 13.2 Å². The Morgan fingerprint density at radius 2 is 1.68 bits per heavy atom. The summed E-state index contributed by atoms with van der Waals surface area (Å²) >= 11 is 0. The quantitative estimate of drug-likeness (QED) is 0.284. The van der Waals surface area contributed by atoms with E-state index in [2.05, 4.69) is 10.5 Å². The second-order valence-corrected chi connectivity index (χ2v) is 8.11. The molecule has 3 rings (SSSR count). The van der Waals surface area contributed by atoms with Crippen molar-refractivity contribution in [3.8, 4) is 5.75 Å². The molecule has 0 atom stereocenters. The van der Waals surface area contributed by atoms with E-state index in [1.807, 2.05) is 36.4 Å². The van der Waals surface area contributed by atoms with E-state index in [0.29, 0.717) is 29.0 Å². The highest BCUT2D eigenvalue weighted by Gasteiger charge is 2.29. The summed E-state index contributed by atoms with van der Waals surface area (Å²) in [6.07, 6.45) is -3.97. The molecule has 7 nitrogen and oxygen atoms in total. The van der Waals surface area contributed by atoms with Crippen molar-refractivity contribution < 1.29 is 37.4 Å². The molecule has 0 saturated carbocycles. The lowest BCUT2D eigenvalue weighted by atomic mass is 10.0. The van der Waals surface area contributed by atoms with E-state index in [0.717, 1.165) is 23.3 Å². The van der Waals surface area contributed by atoms with Gasteiger partial charge in [0.25, 0.3) is 5.91 Å². The van der Waals surface area contributed by atoms with E-state index in [1.165, 1.54) is 12.1 Å². The molecule has 0 aromatic heterocycles. The van der Waals surface area contributed by atoms with Gasteiger partial charge < -0.3 is 20.0 Å². The first-order valence-corrected chi connectivity index (χ1v) is 11.2. The average molecular weight is 515 g/mol. The summed E-state index contributed by atoms with van der Waals surface area (Å²) in [5.41, 5.74) is 2.82. The zero-order valence-electron chi connectivity index (χ0n) is 19.9. The first-order valence-electron chi connectivity index (χ1n) is 11.2. The molecule has 0 saturated heterocycles. The van der Waals surface area contributed by atoms with Crippen molar-refractivity contribution in [2.45, 2.75) is 26.1 Å². The van der Waals surface area contributed by atoms with E-state index >= 15 is 0 Å². The van der Waals surface area contributed by atoms with Gasteiger partial charge in [-0.2, -0.15) is 13.2 Å². The minimum Gasteiger partial charge on any atom is -0.484 e. The molecule has 0 bridgehead atoms. The third-order valence-electron chi connectivity index (χ3n) is 5.21. The van der Waals surface area contributed by atoms with Crippen molar-refractivity contribution in [1.82, 2.24) is 5.32 Å². The molecule has 0 aliphatic carbocycles. The Bertz CT molecular complexity index is 1240. The number of oxime groups is 1. The molecule has 1 amide bonds. The lowest BCUT2D eigenvalue weighted by Gasteiger charge is -2.12. The second kappa shape index (κ2) is 12.6. The van der Waals surface area contributed by atoms with Crippen LogP contribution in [0.5, 0.6) is 5.75 Å². The normalized spacial score (nSPS) is 11.6.